The number of carbonyl (C=O) groups is 2. The van der Waals surface area contributed by atoms with E-state index in [0.29, 0.717) is 0 Å². The summed E-state index contributed by atoms with van der Waals surface area (Å²) in [6, 6.07) is 3.77. The molecule has 11 heteroatoms. The third-order valence-corrected chi connectivity index (χ3v) is 3.31. The first-order valence-electron chi connectivity index (χ1n) is 7.33. The lowest BCUT2D eigenvalue weighted by Crippen LogP contribution is -2.33. The van der Waals surface area contributed by atoms with E-state index < -0.39 is 16.7 Å². The maximum Gasteiger partial charge on any atom is 0.273 e. The standard InChI is InChI=1S/C15H17N5O6/c1-19-8-10(15(18-19)26-3)14(22)16-7-13(21)17-11-5-4-9(20(23)24)6-12(11)25-2/h4-6,8H,7H2,1-3H3,(H,16,22)(H,17,21). The Morgan fingerprint density at radius 2 is 2.04 bits per heavy atom. The van der Waals surface area contributed by atoms with Crippen LogP contribution < -0.4 is 20.1 Å². The number of aromatic nitrogens is 2. The molecule has 138 valence electrons. The topological polar surface area (TPSA) is 138 Å². The molecule has 0 atom stereocenters. The number of nitrogens with one attached hydrogen (secondary N) is 2. The van der Waals surface area contributed by atoms with Crippen molar-refractivity contribution in [3.63, 3.8) is 0 Å². The van der Waals surface area contributed by atoms with Crippen molar-refractivity contribution >= 4 is 23.2 Å². The predicted octanol–water partition coefficient (Wildman–Crippen LogP) is 0.714. The number of nitro benzene ring substituents is 1. The van der Waals surface area contributed by atoms with Crippen LogP contribution in [-0.4, -0.2) is 47.3 Å². The Kier molecular flexibility index (Phi) is 5.73. The number of non-ortho nitro benzene ring substituents is 1. The van der Waals surface area contributed by atoms with Crippen LogP contribution >= 0.6 is 0 Å². The molecule has 11 nitrogen and oxygen atoms in total. The van der Waals surface area contributed by atoms with Crippen LogP contribution in [0.25, 0.3) is 0 Å². The number of carbonyl (C=O) groups excluding carboxylic acids is 2. The van der Waals surface area contributed by atoms with Gasteiger partial charge in [0, 0.05) is 19.3 Å². The summed E-state index contributed by atoms with van der Waals surface area (Å²) in [5, 5.41) is 19.7. The molecular weight excluding hydrogens is 346 g/mol. The third-order valence-electron chi connectivity index (χ3n) is 3.31. The minimum Gasteiger partial charge on any atom is -0.494 e. The van der Waals surface area contributed by atoms with Gasteiger partial charge in [-0.15, -0.1) is 5.10 Å². The Hall–Kier alpha value is -3.63. The molecule has 1 aromatic carbocycles. The van der Waals surface area contributed by atoms with Crippen molar-refractivity contribution in [2.24, 2.45) is 7.05 Å². The Morgan fingerprint density at radius 3 is 2.65 bits per heavy atom. The summed E-state index contributed by atoms with van der Waals surface area (Å²) in [6.07, 6.45) is 1.46. The molecule has 2 amide bonds. The van der Waals surface area contributed by atoms with Gasteiger partial charge in [0.25, 0.3) is 11.6 Å². The number of benzene rings is 1. The van der Waals surface area contributed by atoms with Crippen molar-refractivity contribution in [1.29, 1.82) is 0 Å². The highest BCUT2D eigenvalue weighted by molar-refractivity contribution is 6.00. The summed E-state index contributed by atoms with van der Waals surface area (Å²) >= 11 is 0. The molecule has 1 aromatic heterocycles. The first-order chi connectivity index (χ1) is 12.3. The molecule has 2 rings (SSSR count). The number of anilines is 1. The molecule has 0 bridgehead atoms. The van der Waals surface area contributed by atoms with Crippen molar-refractivity contribution in [3.8, 4) is 11.6 Å². The van der Waals surface area contributed by atoms with Crippen LogP contribution in [0, 0.1) is 10.1 Å². The van der Waals surface area contributed by atoms with Crippen LogP contribution in [0.3, 0.4) is 0 Å². The molecule has 0 aliphatic rings. The number of amides is 2. The lowest BCUT2D eigenvalue weighted by atomic mass is 10.2. The minimum absolute atomic E-state index is 0.132. The van der Waals surface area contributed by atoms with Crippen LogP contribution in [0.2, 0.25) is 0 Å². The summed E-state index contributed by atoms with van der Waals surface area (Å²) in [6.45, 7) is -0.322. The van der Waals surface area contributed by atoms with Crippen LogP contribution in [0.15, 0.2) is 24.4 Å². The van der Waals surface area contributed by atoms with Gasteiger partial charge in [0.05, 0.1) is 37.4 Å². The second-order valence-corrected chi connectivity index (χ2v) is 5.10. The Balaban J connectivity index is 2.00. The van der Waals surface area contributed by atoms with E-state index in [1.807, 2.05) is 0 Å². The molecule has 0 fully saturated rings. The van der Waals surface area contributed by atoms with Crippen molar-refractivity contribution < 1.29 is 24.0 Å². The smallest absolute Gasteiger partial charge is 0.273 e. The van der Waals surface area contributed by atoms with Gasteiger partial charge in [0.1, 0.15) is 11.3 Å². The average molecular weight is 363 g/mol. The predicted molar refractivity (Wildman–Crippen MR) is 90.4 cm³/mol. The number of aryl methyl sites for hydroxylation is 1. The zero-order chi connectivity index (χ0) is 19.3. The van der Waals surface area contributed by atoms with Gasteiger partial charge < -0.3 is 20.1 Å². The highest BCUT2D eigenvalue weighted by atomic mass is 16.6. The number of nitro groups is 1. The quantitative estimate of drug-likeness (QED) is 0.546. The summed E-state index contributed by atoms with van der Waals surface area (Å²) in [5.41, 5.74) is 0.267. The second kappa shape index (κ2) is 7.96. The lowest BCUT2D eigenvalue weighted by molar-refractivity contribution is -0.384. The normalized spacial score (nSPS) is 10.1. The number of hydrogen-bond acceptors (Lipinski definition) is 7. The first kappa shape index (κ1) is 18.7. The highest BCUT2D eigenvalue weighted by Gasteiger charge is 2.18. The van der Waals surface area contributed by atoms with Crippen molar-refractivity contribution in [2.45, 2.75) is 0 Å². The molecule has 0 radical (unpaired) electrons. The fourth-order valence-corrected chi connectivity index (χ4v) is 2.12. The lowest BCUT2D eigenvalue weighted by Gasteiger charge is -2.10. The monoisotopic (exact) mass is 363 g/mol. The van der Waals surface area contributed by atoms with Crippen LogP contribution in [0.5, 0.6) is 11.6 Å². The minimum atomic E-state index is -0.574. The van der Waals surface area contributed by atoms with Gasteiger partial charge in [0.15, 0.2) is 0 Å². The SMILES string of the molecule is COc1cc([N+](=O)[O-])ccc1NC(=O)CNC(=O)c1cn(C)nc1OC. The first-order valence-corrected chi connectivity index (χ1v) is 7.33. The van der Waals surface area contributed by atoms with E-state index in [0.717, 1.165) is 0 Å². The second-order valence-electron chi connectivity index (χ2n) is 5.10. The Labute approximate surface area is 148 Å². The number of rotatable bonds is 7. The largest absolute Gasteiger partial charge is 0.494 e. The van der Waals surface area contributed by atoms with Crippen molar-refractivity contribution in [2.75, 3.05) is 26.1 Å². The van der Waals surface area contributed by atoms with E-state index >= 15 is 0 Å². The molecule has 0 saturated carbocycles. The van der Waals surface area contributed by atoms with E-state index in [1.165, 1.54) is 43.3 Å². The van der Waals surface area contributed by atoms with E-state index in [-0.39, 0.29) is 35.1 Å². The van der Waals surface area contributed by atoms with Gasteiger partial charge in [-0.25, -0.2) is 0 Å². The maximum atomic E-state index is 12.1. The van der Waals surface area contributed by atoms with Gasteiger partial charge in [0.2, 0.25) is 11.8 Å². The third kappa shape index (κ3) is 4.26. The summed E-state index contributed by atoms with van der Waals surface area (Å²) < 4.78 is 11.4. The number of hydrogen-bond donors (Lipinski definition) is 2. The summed E-state index contributed by atoms with van der Waals surface area (Å²) in [7, 11) is 4.34. The molecule has 0 unspecified atom stereocenters. The Morgan fingerprint density at radius 1 is 1.31 bits per heavy atom. The van der Waals surface area contributed by atoms with Gasteiger partial charge in [-0.1, -0.05) is 0 Å². The zero-order valence-corrected chi connectivity index (χ0v) is 14.3. The number of ether oxygens (including phenoxy) is 2. The average Bonchev–Trinajstić information content (AvgIpc) is 3.00. The summed E-state index contributed by atoms with van der Waals surface area (Å²) in [4.78, 5) is 34.3. The van der Waals surface area contributed by atoms with Gasteiger partial charge in [-0.3, -0.25) is 24.4 Å². The molecule has 26 heavy (non-hydrogen) atoms. The number of methoxy groups -OCH3 is 2. The Bertz CT molecular complexity index is 847. The van der Waals surface area contributed by atoms with Crippen molar-refractivity contribution in [1.82, 2.24) is 15.1 Å². The molecule has 0 aliphatic carbocycles. The van der Waals surface area contributed by atoms with Crippen molar-refractivity contribution in [3.05, 3.63) is 40.1 Å². The van der Waals surface area contributed by atoms with Gasteiger partial charge >= 0.3 is 0 Å². The van der Waals surface area contributed by atoms with E-state index in [4.69, 9.17) is 9.47 Å². The zero-order valence-electron chi connectivity index (χ0n) is 14.3. The molecular formula is C15H17N5O6. The number of nitrogens with zero attached hydrogens (tertiary/aromatic N) is 3. The van der Waals surface area contributed by atoms with Crippen LogP contribution in [-0.2, 0) is 11.8 Å². The van der Waals surface area contributed by atoms with E-state index in [2.05, 4.69) is 15.7 Å². The van der Waals surface area contributed by atoms with Gasteiger partial charge in [-0.2, -0.15) is 0 Å². The maximum absolute atomic E-state index is 12.1. The van der Waals surface area contributed by atoms with Crippen LogP contribution in [0.1, 0.15) is 10.4 Å². The molecule has 2 N–H and O–H groups in total. The highest BCUT2D eigenvalue weighted by Crippen LogP contribution is 2.28. The molecule has 0 saturated heterocycles. The fourth-order valence-electron chi connectivity index (χ4n) is 2.12. The van der Waals surface area contributed by atoms with E-state index in [9.17, 15) is 19.7 Å². The molecule has 1 heterocycles. The van der Waals surface area contributed by atoms with E-state index in [1.54, 1.807) is 7.05 Å². The molecule has 0 aliphatic heterocycles. The molecule has 2 aromatic rings. The fraction of sp³-hybridized carbons (Fsp3) is 0.267. The van der Waals surface area contributed by atoms with Gasteiger partial charge in [-0.05, 0) is 6.07 Å². The van der Waals surface area contributed by atoms with Crippen LogP contribution in [0.4, 0.5) is 11.4 Å². The summed E-state index contributed by atoms with van der Waals surface area (Å²) in [5.74, 6) is -0.788. The molecule has 0 spiro atoms.